The van der Waals surface area contributed by atoms with Gasteiger partial charge in [0.1, 0.15) is 0 Å². The van der Waals surface area contributed by atoms with Gasteiger partial charge in [-0.2, -0.15) is 11.3 Å². The first kappa shape index (κ1) is 9.78. The molecule has 0 saturated heterocycles. The van der Waals surface area contributed by atoms with E-state index >= 15 is 0 Å². The SMILES string of the molecule is OB(c1cccc(Cl)c1)c1cccs1. The maximum Gasteiger partial charge on any atom is 0.369 e. The van der Waals surface area contributed by atoms with Crippen molar-refractivity contribution in [2.75, 3.05) is 0 Å². The molecule has 2 aromatic rings. The molecule has 0 spiro atoms. The molecule has 0 aliphatic heterocycles. The van der Waals surface area contributed by atoms with E-state index in [1.54, 1.807) is 12.1 Å². The van der Waals surface area contributed by atoms with Gasteiger partial charge in [-0.25, -0.2) is 0 Å². The molecule has 14 heavy (non-hydrogen) atoms. The van der Waals surface area contributed by atoms with Gasteiger partial charge in [0, 0.05) is 9.80 Å². The van der Waals surface area contributed by atoms with Crippen molar-refractivity contribution in [2.24, 2.45) is 0 Å². The lowest BCUT2D eigenvalue weighted by Gasteiger charge is -2.04. The highest BCUT2D eigenvalue weighted by Gasteiger charge is 2.17. The lowest BCUT2D eigenvalue weighted by atomic mass is 9.60. The molecule has 0 aliphatic carbocycles. The topological polar surface area (TPSA) is 20.2 Å². The smallest absolute Gasteiger partial charge is 0.369 e. The molecule has 1 aromatic carbocycles. The third kappa shape index (κ3) is 2.00. The van der Waals surface area contributed by atoms with Crippen molar-refractivity contribution in [2.45, 2.75) is 0 Å². The molecule has 1 nitrogen and oxygen atoms in total. The minimum absolute atomic E-state index is 0.561. The van der Waals surface area contributed by atoms with E-state index in [0.29, 0.717) is 5.02 Å². The molecule has 0 fully saturated rings. The summed E-state index contributed by atoms with van der Waals surface area (Å²) in [6, 6.07) is 11.1. The lowest BCUT2D eigenvalue weighted by Crippen LogP contribution is -2.40. The number of hydrogen-bond acceptors (Lipinski definition) is 2. The number of halogens is 1. The van der Waals surface area contributed by atoms with Gasteiger partial charge >= 0.3 is 6.92 Å². The van der Waals surface area contributed by atoms with Crippen molar-refractivity contribution in [3.63, 3.8) is 0 Å². The Bertz CT molecular complexity index is 416. The van der Waals surface area contributed by atoms with Crippen LogP contribution in [0.4, 0.5) is 0 Å². The first-order valence-corrected chi connectivity index (χ1v) is 5.50. The normalized spacial score (nSPS) is 10.1. The summed E-state index contributed by atoms with van der Waals surface area (Å²) >= 11 is 7.38. The van der Waals surface area contributed by atoms with E-state index in [1.165, 1.54) is 11.3 Å². The van der Waals surface area contributed by atoms with Crippen LogP contribution in [0.1, 0.15) is 0 Å². The molecular weight excluding hydrogens is 214 g/mol. The van der Waals surface area contributed by atoms with Crippen LogP contribution in [0, 0.1) is 0 Å². The Morgan fingerprint density at radius 3 is 2.71 bits per heavy atom. The second-order valence-corrected chi connectivity index (χ2v) is 4.39. The second kappa shape index (κ2) is 4.17. The number of hydrogen-bond donors (Lipinski definition) is 1. The Labute approximate surface area is 92.1 Å². The zero-order valence-electron chi connectivity index (χ0n) is 7.35. The van der Waals surface area contributed by atoms with Gasteiger partial charge in [0.25, 0.3) is 0 Å². The summed E-state index contributed by atoms with van der Waals surface area (Å²) in [5.41, 5.74) is 0.833. The summed E-state index contributed by atoms with van der Waals surface area (Å²) < 4.78 is 0.937. The summed E-state index contributed by atoms with van der Waals surface area (Å²) in [4.78, 5) is 0. The van der Waals surface area contributed by atoms with Gasteiger partial charge in [0.05, 0.1) is 0 Å². The largest absolute Gasteiger partial charge is 0.442 e. The molecule has 2 rings (SSSR count). The van der Waals surface area contributed by atoms with Crippen LogP contribution in [0.15, 0.2) is 41.8 Å². The molecule has 0 unspecified atom stereocenters. The summed E-state index contributed by atoms with van der Waals surface area (Å²) in [5.74, 6) is 0. The average molecular weight is 223 g/mol. The van der Waals surface area contributed by atoms with E-state index in [4.69, 9.17) is 11.6 Å². The Balaban J connectivity index is 2.32. The zero-order valence-corrected chi connectivity index (χ0v) is 8.92. The zero-order chi connectivity index (χ0) is 9.97. The van der Waals surface area contributed by atoms with E-state index in [-0.39, 0.29) is 0 Å². The van der Waals surface area contributed by atoms with Crippen LogP contribution in [-0.4, -0.2) is 11.9 Å². The van der Waals surface area contributed by atoms with Crippen molar-refractivity contribution in [3.8, 4) is 0 Å². The predicted molar refractivity (Wildman–Crippen MR) is 63.0 cm³/mol. The fourth-order valence-corrected chi connectivity index (χ4v) is 2.22. The van der Waals surface area contributed by atoms with Gasteiger partial charge in [-0.3, -0.25) is 0 Å². The highest BCUT2D eigenvalue weighted by atomic mass is 35.5. The molecule has 1 N–H and O–H groups in total. The average Bonchev–Trinajstić information content (AvgIpc) is 2.69. The van der Waals surface area contributed by atoms with Gasteiger partial charge in [0.2, 0.25) is 0 Å². The van der Waals surface area contributed by atoms with Crippen LogP contribution in [0.5, 0.6) is 0 Å². The minimum atomic E-state index is -0.561. The fourth-order valence-electron chi connectivity index (χ4n) is 1.29. The summed E-state index contributed by atoms with van der Waals surface area (Å²) in [6.07, 6.45) is 0. The van der Waals surface area contributed by atoms with Gasteiger partial charge in [0.15, 0.2) is 0 Å². The van der Waals surface area contributed by atoms with Crippen LogP contribution >= 0.6 is 22.9 Å². The molecule has 0 bridgehead atoms. The van der Waals surface area contributed by atoms with Crippen LogP contribution in [0.2, 0.25) is 5.02 Å². The molecule has 0 atom stereocenters. The van der Waals surface area contributed by atoms with Crippen molar-refractivity contribution in [3.05, 3.63) is 46.8 Å². The molecule has 1 heterocycles. The highest BCUT2D eigenvalue weighted by Crippen LogP contribution is 2.05. The van der Waals surface area contributed by atoms with E-state index in [0.717, 1.165) is 10.2 Å². The maximum absolute atomic E-state index is 9.96. The Hall–Kier alpha value is -0.765. The molecule has 1 aromatic heterocycles. The summed E-state index contributed by atoms with van der Waals surface area (Å²) in [6.45, 7) is -0.561. The molecule has 4 heteroatoms. The molecule has 0 radical (unpaired) electrons. The minimum Gasteiger partial charge on any atom is -0.442 e. The highest BCUT2D eigenvalue weighted by molar-refractivity contribution is 7.22. The molecular formula is C10H8BClOS. The summed E-state index contributed by atoms with van der Waals surface area (Å²) in [7, 11) is 0. The second-order valence-electron chi connectivity index (χ2n) is 2.97. The lowest BCUT2D eigenvalue weighted by molar-refractivity contribution is 0.601. The number of rotatable bonds is 2. The van der Waals surface area contributed by atoms with Gasteiger partial charge in [-0.1, -0.05) is 35.9 Å². The van der Waals surface area contributed by atoms with E-state index in [2.05, 4.69) is 0 Å². The molecule has 0 aliphatic rings. The predicted octanol–water partition coefficient (Wildman–Crippen LogP) is 1.50. The van der Waals surface area contributed by atoms with Crippen LogP contribution in [0.25, 0.3) is 0 Å². The Morgan fingerprint density at radius 2 is 2.07 bits per heavy atom. The van der Waals surface area contributed by atoms with E-state index in [9.17, 15) is 5.02 Å². The summed E-state index contributed by atoms with van der Waals surface area (Å²) in [5, 5.41) is 12.6. The number of benzene rings is 1. The first-order chi connectivity index (χ1) is 6.77. The van der Waals surface area contributed by atoms with Crippen molar-refractivity contribution in [1.29, 1.82) is 0 Å². The fraction of sp³-hybridized carbons (Fsp3) is 0. The third-order valence-corrected chi connectivity index (χ3v) is 3.14. The van der Waals surface area contributed by atoms with Crippen LogP contribution in [0.3, 0.4) is 0 Å². The van der Waals surface area contributed by atoms with Crippen molar-refractivity contribution in [1.82, 2.24) is 0 Å². The molecule has 70 valence electrons. The molecule has 0 amide bonds. The maximum atomic E-state index is 9.96. The Morgan fingerprint density at radius 1 is 1.21 bits per heavy atom. The van der Waals surface area contributed by atoms with Crippen LogP contribution in [-0.2, 0) is 0 Å². The van der Waals surface area contributed by atoms with Crippen LogP contribution < -0.4 is 10.2 Å². The first-order valence-electron chi connectivity index (χ1n) is 4.24. The van der Waals surface area contributed by atoms with Crippen molar-refractivity contribution < 1.29 is 5.02 Å². The van der Waals surface area contributed by atoms with Gasteiger partial charge in [-0.05, 0) is 23.0 Å². The van der Waals surface area contributed by atoms with Gasteiger partial charge in [-0.15, -0.1) is 0 Å². The van der Waals surface area contributed by atoms with Crippen molar-refractivity contribution >= 4 is 40.1 Å². The quantitative estimate of drug-likeness (QED) is 0.764. The molecule has 0 saturated carbocycles. The Kier molecular flexibility index (Phi) is 2.92. The number of thiophene rings is 1. The standard InChI is InChI=1S/C10H8BClOS/c12-9-4-1-3-8(7-9)11(13)10-5-2-6-14-10/h1-7,13H. The van der Waals surface area contributed by atoms with E-state index in [1.807, 2.05) is 29.6 Å². The monoisotopic (exact) mass is 222 g/mol. The van der Waals surface area contributed by atoms with Gasteiger partial charge < -0.3 is 5.02 Å². The van der Waals surface area contributed by atoms with E-state index < -0.39 is 6.92 Å². The third-order valence-electron chi connectivity index (χ3n) is 1.98.